The Balaban J connectivity index is 2.80. The molecule has 0 aromatic heterocycles. The fourth-order valence-electron chi connectivity index (χ4n) is 0.927. The number of unbranched alkanes of at least 4 members (excludes halogenated alkanes) is 3. The normalized spacial score (nSPS) is 10.1. The Bertz CT molecular complexity index is 78.1. The topological polar surface area (TPSA) is 49.7 Å². The lowest BCUT2D eigenvalue weighted by atomic mass is 9.83. The molecule has 11 heavy (non-hydrogen) atoms. The second-order valence-electron chi connectivity index (χ2n) is 2.68. The van der Waals surface area contributed by atoms with Gasteiger partial charge < -0.3 is 14.8 Å². The maximum atomic E-state index is 8.49. The minimum Gasteiger partial charge on any atom is -0.427 e. The monoisotopic (exact) mass is 160 g/mol. The first-order valence-corrected chi connectivity index (χ1v) is 4.12. The summed E-state index contributed by atoms with van der Waals surface area (Å²) in [5.74, 6) is 0. The quantitative estimate of drug-likeness (QED) is 0.425. The van der Waals surface area contributed by atoms with E-state index in [4.69, 9.17) is 14.8 Å². The van der Waals surface area contributed by atoms with Crippen molar-refractivity contribution in [3.63, 3.8) is 0 Å². The van der Waals surface area contributed by atoms with E-state index < -0.39 is 7.12 Å². The molecular formula is C7H17BO3. The first-order chi connectivity index (χ1) is 5.27. The summed E-state index contributed by atoms with van der Waals surface area (Å²) in [6.45, 7) is 0.807. The van der Waals surface area contributed by atoms with Crippen LogP contribution in [0.2, 0.25) is 6.32 Å². The van der Waals surface area contributed by atoms with Gasteiger partial charge in [0.05, 0.1) is 0 Å². The SMILES string of the molecule is COCCCCCCB(O)O. The van der Waals surface area contributed by atoms with Crippen molar-refractivity contribution in [2.75, 3.05) is 13.7 Å². The zero-order valence-corrected chi connectivity index (χ0v) is 7.12. The van der Waals surface area contributed by atoms with Crippen molar-refractivity contribution in [2.45, 2.75) is 32.0 Å². The molecule has 0 spiro atoms. The zero-order chi connectivity index (χ0) is 8.53. The molecule has 0 aliphatic carbocycles. The van der Waals surface area contributed by atoms with Crippen molar-refractivity contribution in [3.05, 3.63) is 0 Å². The molecule has 4 heteroatoms. The molecule has 0 atom stereocenters. The van der Waals surface area contributed by atoms with Gasteiger partial charge in [0.15, 0.2) is 0 Å². The Kier molecular flexibility index (Phi) is 8.01. The summed E-state index contributed by atoms with van der Waals surface area (Å²) in [6, 6.07) is 0. The highest BCUT2D eigenvalue weighted by atomic mass is 16.5. The summed E-state index contributed by atoms with van der Waals surface area (Å²) < 4.78 is 4.87. The number of hydrogen-bond acceptors (Lipinski definition) is 3. The summed E-state index contributed by atoms with van der Waals surface area (Å²) in [6.07, 6.45) is 4.62. The van der Waals surface area contributed by atoms with E-state index >= 15 is 0 Å². The largest absolute Gasteiger partial charge is 0.451 e. The molecule has 0 unspecified atom stereocenters. The highest BCUT2D eigenvalue weighted by Crippen LogP contribution is 2.03. The van der Waals surface area contributed by atoms with Gasteiger partial charge in [0.2, 0.25) is 0 Å². The van der Waals surface area contributed by atoms with Gasteiger partial charge in [-0.3, -0.25) is 0 Å². The molecule has 0 saturated carbocycles. The van der Waals surface area contributed by atoms with Crippen LogP contribution in [0.15, 0.2) is 0 Å². The van der Waals surface area contributed by atoms with Crippen molar-refractivity contribution in [2.24, 2.45) is 0 Å². The van der Waals surface area contributed by atoms with Crippen LogP contribution in [0.25, 0.3) is 0 Å². The molecule has 0 radical (unpaired) electrons. The molecule has 0 aromatic rings. The van der Waals surface area contributed by atoms with Crippen LogP contribution in [0.3, 0.4) is 0 Å². The molecule has 66 valence electrons. The summed E-state index contributed by atoms with van der Waals surface area (Å²) in [5, 5.41) is 17.0. The van der Waals surface area contributed by atoms with E-state index in [1.54, 1.807) is 7.11 Å². The van der Waals surface area contributed by atoms with Crippen LogP contribution >= 0.6 is 0 Å². The summed E-state index contributed by atoms with van der Waals surface area (Å²) in [7, 11) is 0.565. The Morgan fingerprint density at radius 3 is 2.27 bits per heavy atom. The lowest BCUT2D eigenvalue weighted by molar-refractivity contribution is 0.192. The number of hydrogen-bond donors (Lipinski definition) is 2. The molecule has 0 aliphatic rings. The second kappa shape index (κ2) is 8.05. The molecule has 0 aromatic carbocycles. The second-order valence-corrected chi connectivity index (χ2v) is 2.68. The Hall–Kier alpha value is -0.0551. The van der Waals surface area contributed by atoms with Gasteiger partial charge in [0.1, 0.15) is 0 Å². The third kappa shape index (κ3) is 9.94. The van der Waals surface area contributed by atoms with Gasteiger partial charge in [-0.05, 0) is 12.7 Å². The maximum Gasteiger partial charge on any atom is 0.451 e. The van der Waals surface area contributed by atoms with Crippen molar-refractivity contribution < 1.29 is 14.8 Å². The standard InChI is InChI=1S/C7H17BO3/c1-11-7-5-3-2-4-6-8(9)10/h9-10H,2-7H2,1H3. The van der Waals surface area contributed by atoms with E-state index in [1.165, 1.54) is 0 Å². The molecule has 2 N–H and O–H groups in total. The van der Waals surface area contributed by atoms with E-state index in [0.717, 1.165) is 32.3 Å². The average Bonchev–Trinajstić information content (AvgIpc) is 1.96. The van der Waals surface area contributed by atoms with Crippen LogP contribution in [0.5, 0.6) is 0 Å². The summed E-state index contributed by atoms with van der Waals surface area (Å²) in [4.78, 5) is 0. The zero-order valence-electron chi connectivity index (χ0n) is 7.12. The lowest BCUT2D eigenvalue weighted by Crippen LogP contribution is -2.09. The van der Waals surface area contributed by atoms with Gasteiger partial charge >= 0.3 is 7.12 Å². The van der Waals surface area contributed by atoms with Crippen LogP contribution < -0.4 is 0 Å². The molecule has 0 amide bonds. The predicted octanol–water partition coefficient (Wildman–Crippen LogP) is 0.666. The van der Waals surface area contributed by atoms with E-state index in [9.17, 15) is 0 Å². The highest BCUT2D eigenvalue weighted by Gasteiger charge is 2.04. The third-order valence-corrected chi connectivity index (χ3v) is 1.56. The molecular weight excluding hydrogens is 143 g/mol. The first kappa shape index (κ1) is 10.9. The minimum atomic E-state index is -1.13. The molecule has 3 nitrogen and oxygen atoms in total. The van der Waals surface area contributed by atoms with Crippen LogP contribution in [-0.2, 0) is 4.74 Å². The van der Waals surface area contributed by atoms with Crippen LogP contribution in [0, 0.1) is 0 Å². The first-order valence-electron chi connectivity index (χ1n) is 4.12. The van der Waals surface area contributed by atoms with Crippen LogP contribution in [-0.4, -0.2) is 30.9 Å². The Morgan fingerprint density at radius 1 is 1.09 bits per heavy atom. The minimum absolute atomic E-state index is 0.493. The van der Waals surface area contributed by atoms with Gasteiger partial charge in [-0.15, -0.1) is 0 Å². The van der Waals surface area contributed by atoms with Gasteiger partial charge in [-0.2, -0.15) is 0 Å². The van der Waals surface area contributed by atoms with Crippen molar-refractivity contribution in [1.82, 2.24) is 0 Å². The Morgan fingerprint density at radius 2 is 1.73 bits per heavy atom. The van der Waals surface area contributed by atoms with Gasteiger partial charge in [-0.25, -0.2) is 0 Å². The smallest absolute Gasteiger partial charge is 0.427 e. The van der Waals surface area contributed by atoms with E-state index in [1.807, 2.05) is 0 Å². The molecule has 0 saturated heterocycles. The van der Waals surface area contributed by atoms with Gasteiger partial charge in [0, 0.05) is 13.7 Å². The van der Waals surface area contributed by atoms with E-state index in [-0.39, 0.29) is 0 Å². The number of rotatable bonds is 7. The predicted molar refractivity (Wildman–Crippen MR) is 45.3 cm³/mol. The van der Waals surface area contributed by atoms with E-state index in [2.05, 4.69) is 0 Å². The third-order valence-electron chi connectivity index (χ3n) is 1.56. The average molecular weight is 160 g/mol. The van der Waals surface area contributed by atoms with Crippen molar-refractivity contribution in [3.8, 4) is 0 Å². The maximum absolute atomic E-state index is 8.49. The number of ether oxygens (including phenoxy) is 1. The van der Waals surface area contributed by atoms with Gasteiger partial charge in [-0.1, -0.05) is 19.3 Å². The van der Waals surface area contributed by atoms with Crippen LogP contribution in [0.1, 0.15) is 25.7 Å². The van der Waals surface area contributed by atoms with Crippen molar-refractivity contribution in [1.29, 1.82) is 0 Å². The fourth-order valence-corrected chi connectivity index (χ4v) is 0.927. The highest BCUT2D eigenvalue weighted by molar-refractivity contribution is 6.40. The van der Waals surface area contributed by atoms with Crippen LogP contribution in [0.4, 0.5) is 0 Å². The molecule has 0 bridgehead atoms. The van der Waals surface area contributed by atoms with E-state index in [0.29, 0.717) is 6.32 Å². The molecule has 0 fully saturated rings. The molecule has 0 aliphatic heterocycles. The Labute approximate surface area is 68.5 Å². The number of methoxy groups -OCH3 is 1. The fraction of sp³-hybridized carbons (Fsp3) is 1.00. The lowest BCUT2D eigenvalue weighted by Gasteiger charge is -1.99. The summed E-state index contributed by atoms with van der Waals surface area (Å²) >= 11 is 0. The van der Waals surface area contributed by atoms with Crippen molar-refractivity contribution >= 4 is 7.12 Å². The molecule has 0 rings (SSSR count). The molecule has 0 heterocycles. The van der Waals surface area contributed by atoms with Gasteiger partial charge in [0.25, 0.3) is 0 Å². The summed E-state index contributed by atoms with van der Waals surface area (Å²) in [5.41, 5.74) is 0.